The molecule has 1 aliphatic rings. The maximum absolute atomic E-state index is 13.8. The second-order valence-electron chi connectivity index (χ2n) is 10.6. The molecule has 0 aliphatic carbocycles. The van der Waals surface area contributed by atoms with Crippen LogP contribution in [0.25, 0.3) is 16.0 Å². The Morgan fingerprint density at radius 2 is 1.37 bits per heavy atom. The Balaban J connectivity index is 1.69. The summed E-state index contributed by atoms with van der Waals surface area (Å²) in [7, 11) is 0. The minimum Gasteiger partial charge on any atom is -0.492 e. The molecule has 0 spiro atoms. The minimum atomic E-state index is -1.35. The van der Waals surface area contributed by atoms with Crippen molar-refractivity contribution in [2.75, 3.05) is 0 Å². The second kappa shape index (κ2) is 13.4. The molecule has 0 saturated heterocycles. The Kier molecular flexibility index (Phi) is 8.83. The zero-order chi connectivity index (χ0) is 37.4. The van der Waals surface area contributed by atoms with Crippen molar-refractivity contribution in [1.82, 2.24) is 9.46 Å². The summed E-state index contributed by atoms with van der Waals surface area (Å²) in [6, 6.07) is 17.0. The molecule has 3 aromatic carbocycles. The number of halogens is 2. The summed E-state index contributed by atoms with van der Waals surface area (Å²) in [5.74, 6) is -4.84. The molecule has 0 bridgehead atoms. The summed E-state index contributed by atoms with van der Waals surface area (Å²) in [6.07, 6.45) is 0. The molecule has 1 aliphatic heterocycles. The van der Waals surface area contributed by atoms with Gasteiger partial charge in [-0.25, -0.2) is 16.2 Å². The van der Waals surface area contributed by atoms with Crippen molar-refractivity contribution < 1.29 is 44.4 Å². The second-order valence-corrected chi connectivity index (χ2v) is 11.5. The van der Waals surface area contributed by atoms with Gasteiger partial charge in [0.25, 0.3) is 0 Å². The zero-order valence-electron chi connectivity index (χ0n) is 25.7. The number of nitriles is 3. The number of nitrogens with zero attached hydrogens (tertiary/aromatic N) is 6. The van der Waals surface area contributed by atoms with Crippen LogP contribution in [0.4, 0.5) is 0 Å². The largest absolute Gasteiger partial charge is 0.492 e. The van der Waals surface area contributed by atoms with Gasteiger partial charge < -0.3 is 34.8 Å². The van der Waals surface area contributed by atoms with Gasteiger partial charge in [0.1, 0.15) is 29.2 Å². The lowest BCUT2D eigenvalue weighted by Gasteiger charge is -2.24. The first-order chi connectivity index (χ1) is 24.9. The fraction of sp³-hybridized carbons (Fsp3) is 0.0286. The molecule has 4 N–H and O–H groups in total. The van der Waals surface area contributed by atoms with Gasteiger partial charge in [-0.2, -0.15) is 15.8 Å². The van der Waals surface area contributed by atoms with Gasteiger partial charge in [-0.3, -0.25) is 4.85 Å². The number of fused-ring (bicyclic) bond motifs is 2. The Morgan fingerprint density at radius 3 is 1.92 bits per heavy atom. The third kappa shape index (κ3) is 5.87. The summed E-state index contributed by atoms with van der Waals surface area (Å²) in [6.45, 7) is 7.47. The summed E-state index contributed by atoms with van der Waals surface area (Å²) in [4.78, 5) is 41.0. The van der Waals surface area contributed by atoms with Gasteiger partial charge in [0.15, 0.2) is 6.07 Å². The maximum Gasteiger partial charge on any atom is 0.364 e. The van der Waals surface area contributed by atoms with E-state index < -0.39 is 41.5 Å². The van der Waals surface area contributed by atoms with Crippen LogP contribution in [0.1, 0.15) is 43.4 Å². The van der Waals surface area contributed by atoms with E-state index in [-0.39, 0.29) is 70.9 Å². The Labute approximate surface area is 301 Å². The Morgan fingerprint density at radius 1 is 0.769 bits per heavy atom. The van der Waals surface area contributed by atoms with Gasteiger partial charge in [0, 0.05) is 45.8 Å². The van der Waals surface area contributed by atoms with E-state index in [4.69, 9.17) is 44.2 Å². The van der Waals surface area contributed by atoms with Gasteiger partial charge in [-0.05, 0) is 48.0 Å². The zero-order valence-corrected chi connectivity index (χ0v) is 27.2. The average Bonchev–Trinajstić information content (AvgIpc) is 3.62. The molecule has 254 valence electrons. The van der Waals surface area contributed by atoms with E-state index >= 15 is 0 Å². The average molecular weight is 735 g/mol. The number of hydrogen-bond donors (Lipinski definition) is 4. The molecule has 17 heteroatoms. The van der Waals surface area contributed by atoms with Crippen LogP contribution in [0, 0.1) is 40.6 Å². The van der Waals surface area contributed by atoms with Crippen molar-refractivity contribution in [3.8, 4) is 53.2 Å². The fourth-order valence-electron chi connectivity index (χ4n) is 5.26. The topological polar surface area (TPSA) is 228 Å². The molecule has 2 aromatic heterocycles. The monoisotopic (exact) mass is 734 g/mol. The lowest BCUT2D eigenvalue weighted by atomic mass is 9.87. The number of carbonyl (C=O) groups is 2. The van der Waals surface area contributed by atoms with Crippen molar-refractivity contribution in [3.05, 3.63) is 126 Å². The van der Waals surface area contributed by atoms with Crippen LogP contribution in [-0.2, 0) is 0 Å². The van der Waals surface area contributed by atoms with Crippen LogP contribution in [0.3, 0.4) is 0 Å². The standard InChI is InChI=1S/C35H16Cl2N6O9/c1-41-26(15-40)21-12-28-23(10-25(21)37)33(22-9-24(36)19(11-27(22)50-28)17(13-38)14-39)20-8-16(34(48)51-42-29(44)4-5-30(42)45)2-3-18(20)35(49)52-43-31(46)6-7-32(43)47/h2-12,26,44-47H. The van der Waals surface area contributed by atoms with Crippen LogP contribution in [-0.4, -0.2) is 41.8 Å². The van der Waals surface area contributed by atoms with Crippen LogP contribution in [0.2, 0.25) is 10.0 Å². The highest BCUT2D eigenvalue weighted by Crippen LogP contribution is 2.42. The first kappa shape index (κ1) is 34.3. The molecule has 6 rings (SSSR count). The number of aromatic nitrogens is 2. The Hall–Kier alpha value is -7.56. The lowest BCUT2D eigenvalue weighted by molar-refractivity contribution is 0.0371. The first-order valence-electron chi connectivity index (χ1n) is 14.4. The summed E-state index contributed by atoms with van der Waals surface area (Å²) in [5.41, 5.74) is -0.713. The van der Waals surface area contributed by atoms with E-state index in [2.05, 4.69) is 4.85 Å². The van der Waals surface area contributed by atoms with E-state index in [1.54, 1.807) is 12.1 Å². The van der Waals surface area contributed by atoms with E-state index in [1.165, 1.54) is 30.3 Å². The molecule has 5 aromatic rings. The predicted molar refractivity (Wildman–Crippen MR) is 177 cm³/mol. The van der Waals surface area contributed by atoms with Crippen molar-refractivity contribution in [1.29, 1.82) is 15.8 Å². The molecule has 0 saturated carbocycles. The molecule has 0 amide bonds. The fourth-order valence-corrected chi connectivity index (χ4v) is 5.79. The van der Waals surface area contributed by atoms with Gasteiger partial charge in [-0.15, -0.1) is 9.46 Å². The van der Waals surface area contributed by atoms with Crippen molar-refractivity contribution in [2.45, 2.75) is 6.04 Å². The minimum absolute atomic E-state index is 0.00952. The summed E-state index contributed by atoms with van der Waals surface area (Å²) < 4.78 is 7.05. The number of carbonyl (C=O) groups excluding carboxylic acids is 2. The molecule has 0 radical (unpaired) electrons. The normalized spacial score (nSPS) is 11.7. The van der Waals surface area contributed by atoms with Crippen LogP contribution >= 0.6 is 23.2 Å². The van der Waals surface area contributed by atoms with E-state index in [0.717, 1.165) is 36.4 Å². The number of benzene rings is 3. The number of ether oxygens (including phenoxy) is 1. The van der Waals surface area contributed by atoms with Crippen molar-refractivity contribution in [2.24, 2.45) is 0 Å². The highest BCUT2D eigenvalue weighted by atomic mass is 35.5. The molecule has 1 atom stereocenters. The molecule has 1 unspecified atom stereocenters. The first-order valence-corrected chi connectivity index (χ1v) is 15.1. The third-order valence-corrected chi connectivity index (χ3v) is 8.29. The molecule has 52 heavy (non-hydrogen) atoms. The van der Waals surface area contributed by atoms with Crippen LogP contribution < -0.4 is 24.8 Å². The number of hydrogen-bond acceptors (Lipinski definition) is 12. The molecule has 15 nitrogen and oxygen atoms in total. The quantitative estimate of drug-likeness (QED) is 0.178. The van der Waals surface area contributed by atoms with Gasteiger partial charge >= 0.3 is 18.0 Å². The SMILES string of the molecule is [C-]#[N+]C(C#N)c1cc2c(cc1Cl)C(c1cc(C(=O)On3c(O)ccc3O)ccc1C(=O)On1c(O)ccc1O)=c1cc(Cl)c(=C(C#N)C#N)cc1O2. The molecular weight excluding hydrogens is 719 g/mol. The van der Waals surface area contributed by atoms with E-state index in [1.807, 2.05) is 6.07 Å². The smallest absolute Gasteiger partial charge is 0.364 e. The Bertz CT molecular complexity index is 2620. The van der Waals surface area contributed by atoms with Gasteiger partial charge in [0.2, 0.25) is 23.5 Å². The number of aromatic hydroxyl groups is 4. The summed E-state index contributed by atoms with van der Waals surface area (Å²) in [5, 5.41) is 69.1. The highest BCUT2D eigenvalue weighted by Gasteiger charge is 2.31. The van der Waals surface area contributed by atoms with Crippen molar-refractivity contribution in [3.63, 3.8) is 0 Å². The van der Waals surface area contributed by atoms with Gasteiger partial charge in [0.05, 0.1) is 26.7 Å². The number of rotatable bonds is 6. The van der Waals surface area contributed by atoms with E-state index in [9.17, 15) is 45.8 Å². The molecule has 0 fully saturated rings. The maximum atomic E-state index is 13.8. The molecule has 3 heterocycles. The van der Waals surface area contributed by atoms with Gasteiger partial charge in [-0.1, -0.05) is 23.2 Å². The predicted octanol–water partition coefficient (Wildman–Crippen LogP) is 3.99. The molecular formula is C35H16Cl2N6O9. The van der Waals surface area contributed by atoms with Crippen molar-refractivity contribution >= 4 is 46.3 Å². The third-order valence-electron chi connectivity index (χ3n) is 7.65. The summed E-state index contributed by atoms with van der Waals surface area (Å²) >= 11 is 13.2. The van der Waals surface area contributed by atoms with Crippen LogP contribution in [0.5, 0.6) is 35.0 Å². The lowest BCUT2D eigenvalue weighted by Crippen LogP contribution is -2.25. The van der Waals surface area contributed by atoms with Crippen LogP contribution in [0.15, 0.2) is 66.7 Å². The highest BCUT2D eigenvalue weighted by molar-refractivity contribution is 6.32. The van der Waals surface area contributed by atoms with E-state index in [0.29, 0.717) is 9.46 Å².